The van der Waals surface area contributed by atoms with E-state index in [-0.39, 0.29) is 15.5 Å². The molecule has 1 amide bonds. The first kappa shape index (κ1) is 23.2. The number of amides is 1. The highest BCUT2D eigenvalue weighted by Crippen LogP contribution is 2.26. The summed E-state index contributed by atoms with van der Waals surface area (Å²) >= 11 is 6.25. The molecule has 2 aromatic carbocycles. The van der Waals surface area contributed by atoms with Gasteiger partial charge >= 0.3 is 0 Å². The molecular formula is C24H30ClN3O3S. The van der Waals surface area contributed by atoms with Crippen molar-refractivity contribution in [1.82, 2.24) is 9.21 Å². The van der Waals surface area contributed by atoms with Crippen LogP contribution in [-0.4, -0.2) is 49.7 Å². The van der Waals surface area contributed by atoms with Crippen molar-refractivity contribution in [2.75, 3.05) is 31.5 Å². The lowest BCUT2D eigenvalue weighted by molar-refractivity contribution is 0.102. The summed E-state index contributed by atoms with van der Waals surface area (Å²) in [4.78, 5) is 15.4. The number of carbonyl (C=O) groups is 1. The highest BCUT2D eigenvalue weighted by Gasteiger charge is 2.27. The molecule has 0 aliphatic carbocycles. The largest absolute Gasteiger partial charge is 0.322 e. The van der Waals surface area contributed by atoms with Crippen molar-refractivity contribution in [3.8, 4) is 0 Å². The van der Waals surface area contributed by atoms with Gasteiger partial charge in [-0.25, -0.2) is 8.42 Å². The molecule has 8 heteroatoms. The van der Waals surface area contributed by atoms with Gasteiger partial charge in [0.2, 0.25) is 10.0 Å². The maximum absolute atomic E-state index is 13.0. The Hall–Kier alpha value is -1.93. The molecule has 2 aliphatic rings. The smallest absolute Gasteiger partial charge is 0.257 e. The highest BCUT2D eigenvalue weighted by molar-refractivity contribution is 7.89. The zero-order valence-corrected chi connectivity index (χ0v) is 19.8. The van der Waals surface area contributed by atoms with Gasteiger partial charge in [-0.15, -0.1) is 0 Å². The molecule has 6 nitrogen and oxygen atoms in total. The summed E-state index contributed by atoms with van der Waals surface area (Å²) < 4.78 is 27.4. The fourth-order valence-electron chi connectivity index (χ4n) is 4.36. The lowest BCUT2D eigenvalue weighted by Crippen LogP contribution is -2.35. The third-order valence-corrected chi connectivity index (χ3v) is 8.43. The number of benzene rings is 2. The van der Waals surface area contributed by atoms with Gasteiger partial charge in [-0.3, -0.25) is 9.69 Å². The number of hydrogen-bond donors (Lipinski definition) is 1. The molecule has 2 aliphatic heterocycles. The molecular weight excluding hydrogens is 446 g/mol. The molecule has 0 radical (unpaired) electrons. The molecule has 0 spiro atoms. The third kappa shape index (κ3) is 5.52. The molecule has 172 valence electrons. The molecule has 1 N–H and O–H groups in total. The molecule has 2 heterocycles. The van der Waals surface area contributed by atoms with Crippen molar-refractivity contribution in [2.24, 2.45) is 0 Å². The molecule has 2 saturated heterocycles. The number of nitrogens with one attached hydrogen (secondary N) is 1. The molecule has 2 fully saturated rings. The molecule has 32 heavy (non-hydrogen) atoms. The lowest BCUT2D eigenvalue weighted by Gasteiger charge is -2.26. The first-order chi connectivity index (χ1) is 15.4. The van der Waals surface area contributed by atoms with E-state index in [1.54, 1.807) is 0 Å². The van der Waals surface area contributed by atoms with Gasteiger partial charge in [-0.1, -0.05) is 36.6 Å². The van der Waals surface area contributed by atoms with Crippen LogP contribution < -0.4 is 5.32 Å². The Morgan fingerprint density at radius 2 is 1.50 bits per heavy atom. The van der Waals surface area contributed by atoms with E-state index in [9.17, 15) is 13.2 Å². The van der Waals surface area contributed by atoms with Gasteiger partial charge in [0, 0.05) is 25.3 Å². The van der Waals surface area contributed by atoms with Crippen LogP contribution in [0, 0.1) is 0 Å². The van der Waals surface area contributed by atoms with Gasteiger partial charge in [0.15, 0.2) is 0 Å². The van der Waals surface area contributed by atoms with Crippen LogP contribution in [0.5, 0.6) is 0 Å². The predicted octanol–water partition coefficient (Wildman–Crippen LogP) is 4.75. The number of sulfonamides is 1. The second-order valence-electron chi connectivity index (χ2n) is 8.59. The van der Waals surface area contributed by atoms with Crippen LogP contribution in [0.4, 0.5) is 5.69 Å². The van der Waals surface area contributed by atoms with E-state index in [1.807, 2.05) is 24.3 Å². The number of piperidine rings is 2. The summed E-state index contributed by atoms with van der Waals surface area (Å²) in [6, 6.07) is 12.1. The topological polar surface area (TPSA) is 69.7 Å². The Kier molecular flexibility index (Phi) is 7.51. The normalized spacial score (nSPS) is 18.4. The second kappa shape index (κ2) is 10.3. The van der Waals surface area contributed by atoms with Crippen LogP contribution in [0.2, 0.25) is 5.02 Å². The summed E-state index contributed by atoms with van der Waals surface area (Å²) in [6.45, 7) is 4.20. The maximum atomic E-state index is 13.0. The molecule has 0 unspecified atom stereocenters. The Bertz CT molecular complexity index is 1040. The highest BCUT2D eigenvalue weighted by atomic mass is 35.5. The summed E-state index contributed by atoms with van der Waals surface area (Å²) in [5.41, 5.74) is 2.01. The molecule has 0 atom stereocenters. The average Bonchev–Trinajstić information content (AvgIpc) is 2.82. The second-order valence-corrected chi connectivity index (χ2v) is 10.9. The average molecular weight is 476 g/mol. The maximum Gasteiger partial charge on any atom is 0.257 e. The van der Waals surface area contributed by atoms with Gasteiger partial charge in [0.1, 0.15) is 0 Å². The van der Waals surface area contributed by atoms with Crippen LogP contribution in [0.1, 0.15) is 54.4 Å². The number of nitrogens with zero attached hydrogens (tertiary/aromatic N) is 2. The van der Waals surface area contributed by atoms with Gasteiger partial charge in [-0.2, -0.15) is 4.31 Å². The number of rotatable bonds is 6. The van der Waals surface area contributed by atoms with Crippen LogP contribution in [-0.2, 0) is 16.6 Å². The standard InChI is InChI=1S/C24H30ClN3O3S/c25-23-12-11-21(32(30,31)28-15-5-2-6-16-28)17-22(23)24(29)26-20-9-7-19(8-10-20)18-27-13-3-1-4-14-27/h7-12,17H,1-6,13-16,18H2,(H,26,29). The minimum Gasteiger partial charge on any atom is -0.322 e. The van der Waals surface area contributed by atoms with E-state index in [4.69, 9.17) is 11.6 Å². The molecule has 0 saturated carbocycles. The number of hydrogen-bond acceptors (Lipinski definition) is 4. The first-order valence-corrected chi connectivity index (χ1v) is 13.2. The van der Waals surface area contributed by atoms with Gasteiger partial charge in [-0.05, 0) is 74.7 Å². The number of anilines is 1. The number of carbonyl (C=O) groups excluding carboxylic acids is 1. The summed E-state index contributed by atoms with van der Waals surface area (Å²) in [5, 5.41) is 3.07. The molecule has 0 aromatic heterocycles. The third-order valence-electron chi connectivity index (χ3n) is 6.20. The Morgan fingerprint density at radius 3 is 2.16 bits per heavy atom. The van der Waals surface area contributed by atoms with E-state index >= 15 is 0 Å². The number of likely N-dealkylation sites (tertiary alicyclic amines) is 1. The van der Waals surface area contributed by atoms with Crippen molar-refractivity contribution >= 4 is 33.2 Å². The van der Waals surface area contributed by atoms with Crippen LogP contribution in [0.3, 0.4) is 0 Å². The van der Waals surface area contributed by atoms with E-state index < -0.39 is 15.9 Å². The van der Waals surface area contributed by atoms with Crippen molar-refractivity contribution < 1.29 is 13.2 Å². The predicted molar refractivity (Wildman–Crippen MR) is 128 cm³/mol. The lowest BCUT2D eigenvalue weighted by atomic mass is 10.1. The first-order valence-electron chi connectivity index (χ1n) is 11.4. The zero-order chi connectivity index (χ0) is 22.6. The Morgan fingerprint density at radius 1 is 0.875 bits per heavy atom. The van der Waals surface area contributed by atoms with Crippen molar-refractivity contribution in [3.05, 3.63) is 58.6 Å². The Balaban J connectivity index is 1.45. The molecule has 0 bridgehead atoms. The van der Waals surface area contributed by atoms with Gasteiger partial charge in [0.05, 0.1) is 15.5 Å². The van der Waals surface area contributed by atoms with Crippen LogP contribution in [0.25, 0.3) is 0 Å². The minimum absolute atomic E-state index is 0.103. The van der Waals surface area contributed by atoms with Crippen LogP contribution in [0.15, 0.2) is 47.4 Å². The minimum atomic E-state index is -3.64. The fourth-order valence-corrected chi connectivity index (χ4v) is 6.11. The number of halogens is 1. The SMILES string of the molecule is O=C(Nc1ccc(CN2CCCCC2)cc1)c1cc(S(=O)(=O)N2CCCCC2)ccc1Cl. The molecule has 2 aromatic rings. The quantitative estimate of drug-likeness (QED) is 0.654. The van der Waals surface area contributed by atoms with E-state index in [1.165, 1.54) is 47.3 Å². The molecule has 4 rings (SSSR count). The summed E-state index contributed by atoms with van der Waals surface area (Å²) in [5.74, 6) is -0.422. The van der Waals surface area contributed by atoms with Crippen molar-refractivity contribution in [1.29, 1.82) is 0 Å². The van der Waals surface area contributed by atoms with Crippen molar-refractivity contribution in [3.63, 3.8) is 0 Å². The van der Waals surface area contributed by atoms with E-state index in [2.05, 4.69) is 10.2 Å². The summed E-state index contributed by atoms with van der Waals surface area (Å²) in [7, 11) is -3.64. The van der Waals surface area contributed by atoms with E-state index in [0.717, 1.165) is 38.9 Å². The monoisotopic (exact) mass is 475 g/mol. The van der Waals surface area contributed by atoms with Crippen LogP contribution >= 0.6 is 11.6 Å². The van der Waals surface area contributed by atoms with E-state index in [0.29, 0.717) is 18.8 Å². The van der Waals surface area contributed by atoms with Gasteiger partial charge in [0.25, 0.3) is 5.91 Å². The fraction of sp³-hybridized carbons (Fsp3) is 0.458. The van der Waals surface area contributed by atoms with Gasteiger partial charge < -0.3 is 5.32 Å². The Labute approximate surface area is 195 Å². The van der Waals surface area contributed by atoms with Crippen molar-refractivity contribution in [2.45, 2.75) is 50.0 Å². The summed E-state index contributed by atoms with van der Waals surface area (Å²) in [6.07, 6.45) is 6.56. The zero-order valence-electron chi connectivity index (χ0n) is 18.2.